The summed E-state index contributed by atoms with van der Waals surface area (Å²) in [7, 11) is 1.73. The van der Waals surface area contributed by atoms with Crippen molar-refractivity contribution in [2.45, 2.75) is 143 Å². The predicted octanol–water partition coefficient (Wildman–Crippen LogP) is 9.36. The quantitative estimate of drug-likeness (QED) is 0.0761. The van der Waals surface area contributed by atoms with E-state index < -0.39 is 0 Å². The number of nitrogens with zero attached hydrogens (tertiary/aromatic N) is 1. The number of unbranched alkanes of at least 4 members (excludes halogenated alkanes) is 15. The van der Waals surface area contributed by atoms with Crippen molar-refractivity contribution in [3.05, 3.63) is 28.8 Å². The summed E-state index contributed by atoms with van der Waals surface area (Å²) >= 11 is 5.38. The van der Waals surface area contributed by atoms with E-state index in [-0.39, 0.29) is 5.41 Å². The maximum Gasteiger partial charge on any atom is 0.186 e. The highest BCUT2D eigenvalue weighted by Gasteiger charge is 2.20. The summed E-state index contributed by atoms with van der Waals surface area (Å²) in [6.45, 7) is 11.8. The molecule has 0 fully saturated rings. The van der Waals surface area contributed by atoms with Gasteiger partial charge in [-0.25, -0.2) is 0 Å². The molecule has 0 heterocycles. The van der Waals surface area contributed by atoms with E-state index in [0.717, 1.165) is 29.8 Å². The summed E-state index contributed by atoms with van der Waals surface area (Å²) < 4.78 is 5.58. The van der Waals surface area contributed by atoms with Crippen molar-refractivity contribution in [3.8, 4) is 5.75 Å². The molecule has 0 amide bonds. The molecule has 0 radical (unpaired) electrons. The summed E-state index contributed by atoms with van der Waals surface area (Å²) in [6, 6.07) is 4.24. The first-order chi connectivity index (χ1) is 17.8. The molecule has 37 heavy (non-hydrogen) atoms. The molecule has 0 saturated heterocycles. The third-order valence-electron chi connectivity index (χ3n) is 7.08. The van der Waals surface area contributed by atoms with E-state index in [1.54, 1.807) is 7.11 Å². The number of hydrogen-bond acceptors (Lipinski definition) is 3. The lowest BCUT2D eigenvalue weighted by Gasteiger charge is -2.23. The standard InChI is InChI=1S/C32H57N3OS/c1-7-8-9-10-11-12-13-14-15-16-17-18-19-20-21-22-23-33-31(37)35-34-26-28-25-29(32(3,4)5)30(36-6)24-27(28)2/h24-26H,7-23H2,1-6H3,(H2,33,35,37). The number of hydrogen-bond donors (Lipinski definition) is 2. The molecule has 212 valence electrons. The van der Waals surface area contributed by atoms with Gasteiger partial charge in [-0.1, -0.05) is 124 Å². The van der Waals surface area contributed by atoms with Gasteiger partial charge >= 0.3 is 0 Å². The number of methoxy groups -OCH3 is 1. The molecule has 1 rings (SSSR count). The summed E-state index contributed by atoms with van der Waals surface area (Å²) in [6.07, 6.45) is 24.0. The van der Waals surface area contributed by atoms with Crippen LogP contribution in [0.25, 0.3) is 0 Å². The second-order valence-corrected chi connectivity index (χ2v) is 12.0. The lowest BCUT2D eigenvalue weighted by atomic mass is 9.84. The highest BCUT2D eigenvalue weighted by Crippen LogP contribution is 2.33. The van der Waals surface area contributed by atoms with Crippen molar-refractivity contribution in [1.82, 2.24) is 10.7 Å². The van der Waals surface area contributed by atoms with Gasteiger partial charge < -0.3 is 10.1 Å². The van der Waals surface area contributed by atoms with E-state index in [1.165, 1.54) is 102 Å². The Bertz CT molecular complexity index is 770. The summed E-state index contributed by atoms with van der Waals surface area (Å²) in [5, 5.41) is 8.21. The summed E-state index contributed by atoms with van der Waals surface area (Å²) in [4.78, 5) is 0. The van der Waals surface area contributed by atoms with Gasteiger partial charge in [-0.15, -0.1) is 0 Å². The molecular weight excluding hydrogens is 474 g/mol. The molecule has 0 aromatic heterocycles. The van der Waals surface area contributed by atoms with Gasteiger partial charge in [-0.2, -0.15) is 5.10 Å². The monoisotopic (exact) mass is 531 g/mol. The zero-order chi connectivity index (χ0) is 27.4. The van der Waals surface area contributed by atoms with Crippen LogP contribution in [0.5, 0.6) is 5.75 Å². The minimum atomic E-state index is -0.00112. The lowest BCUT2D eigenvalue weighted by Crippen LogP contribution is -2.32. The van der Waals surface area contributed by atoms with Gasteiger partial charge in [0, 0.05) is 12.1 Å². The Hall–Kier alpha value is -1.62. The largest absolute Gasteiger partial charge is 0.496 e. The van der Waals surface area contributed by atoms with Gasteiger partial charge in [0.25, 0.3) is 0 Å². The Labute approximate surface area is 234 Å². The smallest absolute Gasteiger partial charge is 0.186 e. The van der Waals surface area contributed by atoms with Crippen molar-refractivity contribution in [2.24, 2.45) is 5.10 Å². The molecule has 0 atom stereocenters. The van der Waals surface area contributed by atoms with E-state index in [2.05, 4.69) is 62.6 Å². The van der Waals surface area contributed by atoms with Crippen LogP contribution >= 0.6 is 12.2 Å². The summed E-state index contributed by atoms with van der Waals surface area (Å²) in [5.41, 5.74) is 6.33. The molecule has 4 nitrogen and oxygen atoms in total. The molecule has 0 saturated carbocycles. The first-order valence-corrected chi connectivity index (χ1v) is 15.5. The number of thiocarbonyl (C=S) groups is 1. The van der Waals surface area contributed by atoms with Crippen LogP contribution in [0.15, 0.2) is 17.2 Å². The van der Waals surface area contributed by atoms with E-state index in [4.69, 9.17) is 17.0 Å². The minimum absolute atomic E-state index is 0.00112. The van der Waals surface area contributed by atoms with Gasteiger partial charge in [0.05, 0.1) is 13.3 Å². The molecule has 0 bridgehead atoms. The number of hydrazone groups is 1. The molecule has 0 aliphatic rings. The van der Waals surface area contributed by atoms with Crippen LogP contribution in [0.3, 0.4) is 0 Å². The fourth-order valence-electron chi connectivity index (χ4n) is 4.67. The molecule has 1 aromatic rings. The zero-order valence-electron chi connectivity index (χ0n) is 25.0. The van der Waals surface area contributed by atoms with Crippen molar-refractivity contribution in [1.29, 1.82) is 0 Å². The van der Waals surface area contributed by atoms with Crippen LogP contribution in [-0.2, 0) is 5.41 Å². The SMILES string of the molecule is CCCCCCCCCCCCCCCCCCNC(=S)NN=Cc1cc(C(C)(C)C)c(OC)cc1C. The van der Waals surface area contributed by atoms with E-state index in [9.17, 15) is 0 Å². The fourth-order valence-corrected chi connectivity index (χ4v) is 4.82. The van der Waals surface area contributed by atoms with E-state index in [1.807, 2.05) is 6.21 Å². The van der Waals surface area contributed by atoms with Crippen molar-refractivity contribution >= 4 is 23.5 Å². The second-order valence-electron chi connectivity index (χ2n) is 11.6. The second kappa shape index (κ2) is 20.4. The van der Waals surface area contributed by atoms with Crippen molar-refractivity contribution in [2.75, 3.05) is 13.7 Å². The summed E-state index contributed by atoms with van der Waals surface area (Å²) in [5.74, 6) is 0.922. The number of benzene rings is 1. The first kappa shape index (κ1) is 33.4. The third kappa shape index (κ3) is 16.1. The van der Waals surface area contributed by atoms with Gasteiger partial charge in [0.1, 0.15) is 5.75 Å². The van der Waals surface area contributed by atoms with Crippen LogP contribution in [0.2, 0.25) is 0 Å². The number of aryl methyl sites for hydroxylation is 1. The van der Waals surface area contributed by atoms with Crippen LogP contribution < -0.4 is 15.5 Å². The number of nitrogens with one attached hydrogen (secondary N) is 2. The van der Waals surface area contributed by atoms with E-state index in [0.29, 0.717) is 5.11 Å². The molecule has 5 heteroatoms. The van der Waals surface area contributed by atoms with Gasteiger partial charge in [0.2, 0.25) is 0 Å². The van der Waals surface area contributed by atoms with Crippen molar-refractivity contribution < 1.29 is 4.74 Å². The number of ether oxygens (including phenoxy) is 1. The minimum Gasteiger partial charge on any atom is -0.496 e. The molecule has 0 spiro atoms. The highest BCUT2D eigenvalue weighted by molar-refractivity contribution is 7.80. The fraction of sp³-hybridized carbons (Fsp3) is 0.750. The third-order valence-corrected chi connectivity index (χ3v) is 7.32. The Morgan fingerprint density at radius 2 is 1.32 bits per heavy atom. The first-order valence-electron chi connectivity index (χ1n) is 15.1. The molecule has 0 aliphatic carbocycles. The maximum atomic E-state index is 5.58. The zero-order valence-corrected chi connectivity index (χ0v) is 25.8. The Morgan fingerprint density at radius 3 is 1.78 bits per heavy atom. The average Bonchev–Trinajstić information content (AvgIpc) is 2.86. The van der Waals surface area contributed by atoms with Crippen molar-refractivity contribution in [3.63, 3.8) is 0 Å². The predicted molar refractivity (Wildman–Crippen MR) is 167 cm³/mol. The van der Waals surface area contributed by atoms with E-state index >= 15 is 0 Å². The van der Waals surface area contributed by atoms with Gasteiger partial charge in [0.15, 0.2) is 5.11 Å². The molecule has 1 aromatic carbocycles. The Balaban J connectivity index is 2.05. The average molecular weight is 532 g/mol. The Kier molecular flexibility index (Phi) is 18.4. The Morgan fingerprint density at radius 1 is 0.838 bits per heavy atom. The highest BCUT2D eigenvalue weighted by atomic mass is 32.1. The van der Waals surface area contributed by atoms with Crippen LogP contribution in [-0.4, -0.2) is 25.0 Å². The normalized spacial score (nSPS) is 11.7. The molecular formula is C32H57N3OS. The van der Waals surface area contributed by atoms with Gasteiger partial charge in [-0.05, 0) is 54.2 Å². The van der Waals surface area contributed by atoms with Crippen LogP contribution in [0.1, 0.15) is 147 Å². The number of rotatable bonds is 20. The lowest BCUT2D eigenvalue weighted by molar-refractivity contribution is 0.397. The molecule has 0 aliphatic heterocycles. The maximum absolute atomic E-state index is 5.58. The van der Waals surface area contributed by atoms with Crippen LogP contribution in [0, 0.1) is 6.92 Å². The van der Waals surface area contributed by atoms with Crippen LogP contribution in [0.4, 0.5) is 0 Å². The molecule has 0 unspecified atom stereocenters. The van der Waals surface area contributed by atoms with Gasteiger partial charge in [-0.3, -0.25) is 5.43 Å². The molecule has 2 N–H and O–H groups in total. The topological polar surface area (TPSA) is 45.7 Å².